The zero-order valence-electron chi connectivity index (χ0n) is 6.30. The second-order valence-corrected chi connectivity index (χ2v) is 2.30. The third kappa shape index (κ3) is 2.41. The first-order valence-corrected chi connectivity index (χ1v) is 3.38. The number of carbonyl (C=O) groups excluding carboxylic acids is 1. The highest BCUT2D eigenvalue weighted by atomic mass is 16.5. The van der Waals surface area contributed by atoms with E-state index in [0.717, 1.165) is 0 Å². The minimum absolute atomic E-state index is 0.0956. The van der Waals surface area contributed by atoms with Gasteiger partial charge in [-0.3, -0.25) is 4.79 Å². The monoisotopic (exact) mass is 154 g/mol. The van der Waals surface area contributed by atoms with E-state index in [1.807, 2.05) is 17.7 Å². The van der Waals surface area contributed by atoms with Crippen molar-refractivity contribution in [2.45, 2.75) is 19.6 Å². The average molecular weight is 154 g/mol. The van der Waals surface area contributed by atoms with E-state index in [1.54, 1.807) is 12.5 Å². The Morgan fingerprint density at radius 1 is 1.82 bits per heavy atom. The van der Waals surface area contributed by atoms with Crippen molar-refractivity contribution in [2.75, 3.05) is 0 Å². The van der Waals surface area contributed by atoms with Crippen molar-refractivity contribution in [2.24, 2.45) is 0 Å². The molecule has 1 atom stereocenters. The van der Waals surface area contributed by atoms with Crippen LogP contribution in [0.5, 0.6) is 0 Å². The van der Waals surface area contributed by atoms with Crippen LogP contribution in [0.4, 0.5) is 0 Å². The number of aromatic nitrogens is 2. The van der Waals surface area contributed by atoms with Gasteiger partial charge in [-0.25, -0.2) is 4.98 Å². The molecule has 0 aliphatic carbocycles. The van der Waals surface area contributed by atoms with E-state index >= 15 is 0 Å². The Kier molecular flexibility index (Phi) is 2.66. The molecule has 60 valence electrons. The van der Waals surface area contributed by atoms with Gasteiger partial charge in [-0.05, 0) is 6.92 Å². The smallest absolute Gasteiger partial charge is 0.293 e. The third-order valence-electron chi connectivity index (χ3n) is 1.31. The first-order valence-electron chi connectivity index (χ1n) is 3.38. The van der Waals surface area contributed by atoms with Crippen LogP contribution in [-0.2, 0) is 16.1 Å². The van der Waals surface area contributed by atoms with Gasteiger partial charge >= 0.3 is 0 Å². The van der Waals surface area contributed by atoms with Crippen LogP contribution in [0.1, 0.15) is 6.92 Å². The summed E-state index contributed by atoms with van der Waals surface area (Å²) in [7, 11) is 0. The standard InChI is InChI=1S/C7H10N2O2/c1-7(11-6-10)4-9-3-2-8-5-9/h2-3,5-7H,4H2,1H3. The summed E-state index contributed by atoms with van der Waals surface area (Å²) in [6, 6.07) is 0. The summed E-state index contributed by atoms with van der Waals surface area (Å²) < 4.78 is 6.54. The molecule has 1 unspecified atom stereocenters. The molecule has 0 radical (unpaired) electrons. The highest BCUT2D eigenvalue weighted by molar-refractivity contribution is 5.37. The molecule has 0 aliphatic rings. The Bertz CT molecular complexity index is 208. The molecule has 0 saturated heterocycles. The van der Waals surface area contributed by atoms with E-state index in [-0.39, 0.29) is 6.10 Å². The molecule has 1 aromatic rings. The summed E-state index contributed by atoms with van der Waals surface area (Å²) in [5.41, 5.74) is 0. The van der Waals surface area contributed by atoms with Crippen LogP contribution in [0.2, 0.25) is 0 Å². The van der Waals surface area contributed by atoms with Crippen LogP contribution < -0.4 is 0 Å². The van der Waals surface area contributed by atoms with Gasteiger partial charge in [0.05, 0.1) is 12.9 Å². The minimum atomic E-state index is -0.0956. The highest BCUT2D eigenvalue weighted by Crippen LogP contribution is 1.94. The Morgan fingerprint density at radius 2 is 2.64 bits per heavy atom. The predicted molar refractivity (Wildman–Crippen MR) is 38.8 cm³/mol. The van der Waals surface area contributed by atoms with Crippen LogP contribution in [-0.4, -0.2) is 22.1 Å². The van der Waals surface area contributed by atoms with E-state index in [0.29, 0.717) is 13.0 Å². The summed E-state index contributed by atoms with van der Waals surface area (Å²) in [5, 5.41) is 0. The summed E-state index contributed by atoms with van der Waals surface area (Å²) >= 11 is 0. The van der Waals surface area contributed by atoms with Gasteiger partial charge < -0.3 is 9.30 Å². The molecule has 1 aromatic heterocycles. The molecular weight excluding hydrogens is 144 g/mol. The largest absolute Gasteiger partial charge is 0.463 e. The van der Waals surface area contributed by atoms with Crippen molar-refractivity contribution in [3.63, 3.8) is 0 Å². The number of rotatable bonds is 4. The Labute approximate surface area is 64.8 Å². The lowest BCUT2D eigenvalue weighted by Gasteiger charge is -2.08. The van der Waals surface area contributed by atoms with Crippen molar-refractivity contribution in [1.29, 1.82) is 0 Å². The fourth-order valence-electron chi connectivity index (χ4n) is 0.829. The lowest BCUT2D eigenvalue weighted by molar-refractivity contribution is -0.133. The number of carbonyl (C=O) groups is 1. The molecule has 0 fully saturated rings. The summed E-state index contributed by atoms with van der Waals surface area (Å²) in [4.78, 5) is 13.8. The number of hydrogen-bond acceptors (Lipinski definition) is 3. The van der Waals surface area contributed by atoms with Crippen molar-refractivity contribution in [3.8, 4) is 0 Å². The number of hydrogen-bond donors (Lipinski definition) is 0. The van der Waals surface area contributed by atoms with Gasteiger partial charge in [0.25, 0.3) is 6.47 Å². The van der Waals surface area contributed by atoms with Gasteiger partial charge in [-0.2, -0.15) is 0 Å². The molecule has 1 rings (SSSR count). The lowest BCUT2D eigenvalue weighted by Crippen LogP contribution is -2.14. The van der Waals surface area contributed by atoms with E-state index in [1.165, 1.54) is 0 Å². The quantitative estimate of drug-likeness (QED) is 0.591. The summed E-state index contributed by atoms with van der Waals surface area (Å²) in [6.07, 6.45) is 5.10. The van der Waals surface area contributed by atoms with Crippen molar-refractivity contribution in [3.05, 3.63) is 18.7 Å². The van der Waals surface area contributed by atoms with Crippen LogP contribution in [0.15, 0.2) is 18.7 Å². The molecule has 0 spiro atoms. The third-order valence-corrected chi connectivity index (χ3v) is 1.31. The molecule has 0 amide bonds. The maximum atomic E-state index is 9.90. The molecule has 0 saturated carbocycles. The van der Waals surface area contributed by atoms with Gasteiger partial charge in [0.1, 0.15) is 6.10 Å². The van der Waals surface area contributed by atoms with E-state index < -0.39 is 0 Å². The Morgan fingerprint density at radius 3 is 3.18 bits per heavy atom. The van der Waals surface area contributed by atoms with Gasteiger partial charge in [-0.1, -0.05) is 0 Å². The van der Waals surface area contributed by atoms with Crippen LogP contribution in [0, 0.1) is 0 Å². The van der Waals surface area contributed by atoms with Crippen LogP contribution in [0.25, 0.3) is 0 Å². The first-order chi connectivity index (χ1) is 5.33. The van der Waals surface area contributed by atoms with Crippen molar-refractivity contribution < 1.29 is 9.53 Å². The fourth-order valence-corrected chi connectivity index (χ4v) is 0.829. The zero-order valence-corrected chi connectivity index (χ0v) is 6.30. The fraction of sp³-hybridized carbons (Fsp3) is 0.429. The summed E-state index contributed by atoms with van der Waals surface area (Å²) in [5.74, 6) is 0. The molecule has 11 heavy (non-hydrogen) atoms. The van der Waals surface area contributed by atoms with Gasteiger partial charge in [0.2, 0.25) is 0 Å². The molecule has 4 nitrogen and oxygen atoms in total. The number of ether oxygens (including phenoxy) is 1. The molecule has 0 aliphatic heterocycles. The second kappa shape index (κ2) is 3.75. The van der Waals surface area contributed by atoms with E-state index in [4.69, 9.17) is 0 Å². The zero-order chi connectivity index (χ0) is 8.10. The maximum Gasteiger partial charge on any atom is 0.293 e. The highest BCUT2D eigenvalue weighted by Gasteiger charge is 2.00. The SMILES string of the molecule is CC(Cn1ccnc1)OC=O. The normalized spacial score (nSPS) is 12.5. The van der Waals surface area contributed by atoms with Gasteiger partial charge in [0, 0.05) is 12.4 Å². The van der Waals surface area contributed by atoms with Crippen molar-refractivity contribution in [1.82, 2.24) is 9.55 Å². The molecule has 0 aromatic carbocycles. The van der Waals surface area contributed by atoms with Crippen LogP contribution >= 0.6 is 0 Å². The van der Waals surface area contributed by atoms with Gasteiger partial charge in [-0.15, -0.1) is 0 Å². The Balaban J connectivity index is 2.37. The predicted octanol–water partition coefficient (Wildman–Crippen LogP) is 0.445. The molecule has 4 heteroatoms. The summed E-state index contributed by atoms with van der Waals surface area (Å²) in [6.45, 7) is 2.94. The molecule has 1 heterocycles. The Hall–Kier alpha value is -1.32. The van der Waals surface area contributed by atoms with Gasteiger partial charge in [0.15, 0.2) is 0 Å². The average Bonchev–Trinajstić information content (AvgIpc) is 2.40. The second-order valence-electron chi connectivity index (χ2n) is 2.30. The molecule has 0 bridgehead atoms. The van der Waals surface area contributed by atoms with Crippen LogP contribution in [0.3, 0.4) is 0 Å². The van der Waals surface area contributed by atoms with E-state index in [9.17, 15) is 4.79 Å². The van der Waals surface area contributed by atoms with E-state index in [2.05, 4.69) is 9.72 Å². The number of imidazole rings is 1. The first kappa shape index (κ1) is 7.78. The van der Waals surface area contributed by atoms with Crippen molar-refractivity contribution >= 4 is 6.47 Å². The maximum absolute atomic E-state index is 9.90. The number of nitrogens with zero attached hydrogens (tertiary/aromatic N) is 2. The molecular formula is C7H10N2O2. The topological polar surface area (TPSA) is 44.1 Å². The minimum Gasteiger partial charge on any atom is -0.463 e. The molecule has 0 N–H and O–H groups in total. The lowest BCUT2D eigenvalue weighted by atomic mass is 10.4.